The van der Waals surface area contributed by atoms with Crippen LogP contribution in [0.2, 0.25) is 0 Å². The summed E-state index contributed by atoms with van der Waals surface area (Å²) in [6, 6.07) is 9.93. The number of nitrogens with one attached hydrogen (secondary N) is 1. The molecular formula is C18H22N2O2. The molecule has 3 rings (SSSR count). The molecule has 1 aliphatic carbocycles. The highest BCUT2D eigenvalue weighted by molar-refractivity contribution is 5.68. The molecule has 1 aromatic heterocycles. The number of hydrogen-bond donors (Lipinski definition) is 2. The van der Waals surface area contributed by atoms with Crippen LogP contribution in [0.4, 0.5) is 0 Å². The maximum Gasteiger partial charge on any atom is 0.345 e. The molecule has 22 heavy (non-hydrogen) atoms. The maximum atomic E-state index is 11.8. The van der Waals surface area contributed by atoms with Crippen molar-refractivity contribution in [3.8, 4) is 11.1 Å². The smallest absolute Gasteiger partial charge is 0.345 e. The first-order chi connectivity index (χ1) is 10.6. The summed E-state index contributed by atoms with van der Waals surface area (Å²) >= 11 is 0. The minimum absolute atomic E-state index is 0.341. The van der Waals surface area contributed by atoms with Crippen molar-refractivity contribution in [1.29, 1.82) is 0 Å². The van der Waals surface area contributed by atoms with Crippen molar-refractivity contribution < 1.29 is 5.11 Å². The van der Waals surface area contributed by atoms with Crippen molar-refractivity contribution in [3.05, 3.63) is 52.2 Å². The van der Waals surface area contributed by atoms with E-state index in [1.54, 1.807) is 0 Å². The zero-order valence-corrected chi connectivity index (χ0v) is 12.9. The molecule has 1 fully saturated rings. The highest BCUT2D eigenvalue weighted by Crippen LogP contribution is 2.33. The molecule has 2 N–H and O–H groups in total. The van der Waals surface area contributed by atoms with Gasteiger partial charge in [0, 0.05) is 17.7 Å². The lowest BCUT2D eigenvalue weighted by Gasteiger charge is -2.32. The third-order valence-electron chi connectivity index (χ3n) is 4.54. The van der Waals surface area contributed by atoms with Crippen LogP contribution in [-0.2, 0) is 6.42 Å². The van der Waals surface area contributed by atoms with E-state index in [2.05, 4.69) is 9.97 Å². The average Bonchev–Trinajstić information content (AvgIpc) is 2.48. The Balaban J connectivity index is 2.04. The first kappa shape index (κ1) is 15.0. The van der Waals surface area contributed by atoms with E-state index in [9.17, 15) is 9.90 Å². The zero-order valence-electron chi connectivity index (χ0n) is 12.9. The van der Waals surface area contributed by atoms with Crippen molar-refractivity contribution in [2.24, 2.45) is 0 Å². The van der Waals surface area contributed by atoms with Gasteiger partial charge in [0.15, 0.2) is 0 Å². The molecule has 1 saturated carbocycles. The average molecular weight is 298 g/mol. The summed E-state index contributed by atoms with van der Waals surface area (Å²) in [6.07, 6.45) is 5.28. The minimum atomic E-state index is -0.727. The number of aromatic nitrogens is 2. The number of rotatable bonds is 3. The van der Waals surface area contributed by atoms with E-state index in [1.807, 2.05) is 37.3 Å². The lowest BCUT2D eigenvalue weighted by Crippen LogP contribution is -2.35. The fourth-order valence-electron chi connectivity index (χ4n) is 3.46. The number of aromatic amines is 1. The number of aliphatic hydroxyl groups is 1. The minimum Gasteiger partial charge on any atom is -0.389 e. The van der Waals surface area contributed by atoms with Gasteiger partial charge in [-0.15, -0.1) is 0 Å². The third-order valence-corrected chi connectivity index (χ3v) is 4.54. The van der Waals surface area contributed by atoms with Gasteiger partial charge >= 0.3 is 5.69 Å². The van der Waals surface area contributed by atoms with Gasteiger partial charge in [-0.05, 0) is 25.3 Å². The van der Waals surface area contributed by atoms with E-state index in [1.165, 1.54) is 6.42 Å². The summed E-state index contributed by atoms with van der Waals surface area (Å²) in [7, 11) is 0. The fraction of sp³-hybridized carbons (Fsp3) is 0.444. The fourth-order valence-corrected chi connectivity index (χ4v) is 3.46. The van der Waals surface area contributed by atoms with Gasteiger partial charge in [-0.1, -0.05) is 49.6 Å². The SMILES string of the molecule is Cc1[nH]c(=O)nc(CC2(O)CCCCC2)c1-c1ccccc1. The van der Waals surface area contributed by atoms with Crippen molar-refractivity contribution in [2.45, 2.75) is 51.0 Å². The molecule has 1 aromatic carbocycles. The molecule has 1 heterocycles. The predicted octanol–water partition coefficient (Wildman–Crippen LogP) is 2.98. The second kappa shape index (κ2) is 6.05. The van der Waals surface area contributed by atoms with Gasteiger partial charge in [0.05, 0.1) is 11.3 Å². The number of benzene rings is 1. The van der Waals surface area contributed by atoms with Gasteiger partial charge in [0.1, 0.15) is 0 Å². The Morgan fingerprint density at radius 2 is 1.86 bits per heavy atom. The monoisotopic (exact) mass is 298 g/mol. The van der Waals surface area contributed by atoms with Gasteiger partial charge in [0.2, 0.25) is 0 Å². The Bertz CT molecular complexity index is 701. The normalized spacial score (nSPS) is 17.4. The summed E-state index contributed by atoms with van der Waals surface area (Å²) in [6.45, 7) is 1.89. The van der Waals surface area contributed by atoms with E-state index in [0.29, 0.717) is 12.1 Å². The largest absolute Gasteiger partial charge is 0.389 e. The summed E-state index contributed by atoms with van der Waals surface area (Å²) in [5.74, 6) is 0. The second-order valence-corrected chi connectivity index (χ2v) is 6.32. The van der Waals surface area contributed by atoms with Crippen LogP contribution in [-0.4, -0.2) is 20.7 Å². The summed E-state index contributed by atoms with van der Waals surface area (Å²) in [5.41, 5.74) is 2.41. The van der Waals surface area contributed by atoms with E-state index >= 15 is 0 Å². The Kier molecular flexibility index (Phi) is 4.12. The number of H-pyrrole nitrogens is 1. The molecule has 4 heteroatoms. The molecule has 0 spiro atoms. The van der Waals surface area contributed by atoms with Gasteiger partial charge in [-0.2, -0.15) is 4.98 Å². The molecule has 2 aromatic rings. The lowest BCUT2D eigenvalue weighted by molar-refractivity contribution is 0.00371. The first-order valence-electron chi connectivity index (χ1n) is 7.95. The Hall–Kier alpha value is -1.94. The van der Waals surface area contributed by atoms with Crippen LogP contribution in [0.5, 0.6) is 0 Å². The maximum absolute atomic E-state index is 11.8. The quantitative estimate of drug-likeness (QED) is 0.915. The number of aryl methyl sites for hydroxylation is 1. The Morgan fingerprint density at radius 3 is 2.55 bits per heavy atom. The van der Waals surface area contributed by atoms with E-state index in [0.717, 1.165) is 42.5 Å². The zero-order chi connectivity index (χ0) is 15.6. The van der Waals surface area contributed by atoms with Crippen LogP contribution < -0.4 is 5.69 Å². The van der Waals surface area contributed by atoms with Gasteiger partial charge in [-0.25, -0.2) is 4.79 Å². The standard InChI is InChI=1S/C18H22N2O2/c1-13-16(14-8-4-2-5-9-14)15(20-17(21)19-13)12-18(22)10-6-3-7-11-18/h2,4-5,8-9,22H,3,6-7,10-12H2,1H3,(H,19,20,21). The van der Waals surface area contributed by atoms with Gasteiger partial charge in [0.25, 0.3) is 0 Å². The molecule has 0 radical (unpaired) electrons. The van der Waals surface area contributed by atoms with Crippen molar-refractivity contribution in [2.75, 3.05) is 0 Å². The highest BCUT2D eigenvalue weighted by Gasteiger charge is 2.31. The third kappa shape index (κ3) is 3.12. The topological polar surface area (TPSA) is 66.0 Å². The molecule has 1 aliphatic rings. The molecule has 0 unspecified atom stereocenters. The Labute approximate surface area is 130 Å². The van der Waals surface area contributed by atoms with Crippen LogP contribution in [0.1, 0.15) is 43.5 Å². The molecule has 0 saturated heterocycles. The first-order valence-corrected chi connectivity index (χ1v) is 7.95. The number of hydrogen-bond acceptors (Lipinski definition) is 3. The van der Waals surface area contributed by atoms with Crippen molar-refractivity contribution in [3.63, 3.8) is 0 Å². The molecule has 4 nitrogen and oxygen atoms in total. The summed E-state index contributed by atoms with van der Waals surface area (Å²) in [4.78, 5) is 18.8. The van der Waals surface area contributed by atoms with E-state index in [-0.39, 0.29) is 5.69 Å². The number of nitrogens with zero attached hydrogens (tertiary/aromatic N) is 1. The van der Waals surface area contributed by atoms with Crippen molar-refractivity contribution in [1.82, 2.24) is 9.97 Å². The molecule has 116 valence electrons. The van der Waals surface area contributed by atoms with Gasteiger partial charge < -0.3 is 10.1 Å². The summed E-state index contributed by atoms with van der Waals surface area (Å²) in [5, 5.41) is 10.8. The van der Waals surface area contributed by atoms with Crippen LogP contribution in [0, 0.1) is 6.92 Å². The molecule has 0 amide bonds. The molecule has 0 atom stereocenters. The summed E-state index contributed by atoms with van der Waals surface area (Å²) < 4.78 is 0. The Morgan fingerprint density at radius 1 is 1.18 bits per heavy atom. The van der Waals surface area contributed by atoms with Crippen LogP contribution in [0.25, 0.3) is 11.1 Å². The van der Waals surface area contributed by atoms with Crippen LogP contribution >= 0.6 is 0 Å². The molecule has 0 aliphatic heterocycles. The van der Waals surface area contributed by atoms with E-state index in [4.69, 9.17) is 0 Å². The van der Waals surface area contributed by atoms with Crippen molar-refractivity contribution >= 4 is 0 Å². The molecule has 0 bridgehead atoms. The lowest BCUT2D eigenvalue weighted by atomic mass is 9.80. The predicted molar refractivity (Wildman–Crippen MR) is 86.8 cm³/mol. The highest BCUT2D eigenvalue weighted by atomic mass is 16.3. The second-order valence-electron chi connectivity index (χ2n) is 6.32. The van der Waals surface area contributed by atoms with E-state index < -0.39 is 5.60 Å². The van der Waals surface area contributed by atoms with Crippen LogP contribution in [0.15, 0.2) is 35.1 Å². The van der Waals surface area contributed by atoms with Crippen LogP contribution in [0.3, 0.4) is 0 Å². The van der Waals surface area contributed by atoms with Gasteiger partial charge in [-0.3, -0.25) is 0 Å². The molecular weight excluding hydrogens is 276 g/mol.